The van der Waals surface area contributed by atoms with Crippen LogP contribution in [0.15, 0.2) is 33.7 Å². The average Bonchev–Trinajstić information content (AvgIpc) is 2.89. The highest BCUT2D eigenvalue weighted by atomic mass is 16.4. The first kappa shape index (κ1) is 13.9. The lowest BCUT2D eigenvalue weighted by Gasteiger charge is -2.06. The van der Waals surface area contributed by atoms with Crippen LogP contribution in [0.5, 0.6) is 0 Å². The summed E-state index contributed by atoms with van der Waals surface area (Å²) in [6.45, 7) is 2.05. The Morgan fingerprint density at radius 3 is 3.00 bits per heavy atom. The minimum Gasteiger partial charge on any atom is -0.444 e. The van der Waals surface area contributed by atoms with E-state index in [4.69, 9.17) is 10.2 Å². The number of nitrogens with zero attached hydrogens (tertiary/aromatic N) is 2. The van der Waals surface area contributed by atoms with Crippen molar-refractivity contribution in [1.82, 2.24) is 14.9 Å². The molecule has 0 aliphatic rings. The van der Waals surface area contributed by atoms with Crippen molar-refractivity contribution in [3.05, 3.63) is 46.5 Å². The van der Waals surface area contributed by atoms with Gasteiger partial charge >= 0.3 is 0 Å². The first-order valence-corrected chi connectivity index (χ1v) is 6.24. The highest BCUT2D eigenvalue weighted by molar-refractivity contribution is 5.75. The molecule has 3 N–H and O–H groups in total. The van der Waals surface area contributed by atoms with Gasteiger partial charge in [0.15, 0.2) is 0 Å². The summed E-state index contributed by atoms with van der Waals surface area (Å²) in [5.74, 6) is 0.894. The van der Waals surface area contributed by atoms with Crippen LogP contribution < -0.4 is 16.6 Å². The zero-order valence-electron chi connectivity index (χ0n) is 11.1. The summed E-state index contributed by atoms with van der Waals surface area (Å²) < 4.78 is 6.61. The molecule has 0 atom stereocenters. The number of nitrogens with one attached hydrogen (secondary N) is 1. The highest BCUT2D eigenvalue weighted by Gasteiger charge is 2.07. The fraction of sp³-hybridized carbons (Fsp3) is 0.308. The summed E-state index contributed by atoms with van der Waals surface area (Å²) in [5, 5.41) is 2.64. The van der Waals surface area contributed by atoms with Crippen molar-refractivity contribution in [3.8, 4) is 0 Å². The monoisotopic (exact) mass is 276 g/mol. The molecule has 0 aromatic carbocycles. The number of nitrogens with two attached hydrogens (primary N) is 1. The molecule has 0 radical (unpaired) electrons. The highest BCUT2D eigenvalue weighted by Crippen LogP contribution is 2.03. The van der Waals surface area contributed by atoms with Crippen LogP contribution in [-0.2, 0) is 24.3 Å². The molecule has 0 spiro atoms. The van der Waals surface area contributed by atoms with Gasteiger partial charge < -0.3 is 20.0 Å². The molecule has 106 valence electrons. The molecule has 20 heavy (non-hydrogen) atoms. The van der Waals surface area contributed by atoms with E-state index in [0.717, 1.165) is 12.2 Å². The van der Waals surface area contributed by atoms with E-state index < -0.39 is 0 Å². The molecule has 0 saturated carbocycles. The summed E-state index contributed by atoms with van der Waals surface area (Å²) in [6.07, 6.45) is 3.81. The molecule has 2 heterocycles. The van der Waals surface area contributed by atoms with E-state index in [-0.39, 0.29) is 24.6 Å². The second-order valence-corrected chi connectivity index (χ2v) is 4.28. The second kappa shape index (κ2) is 6.05. The third-order valence-electron chi connectivity index (χ3n) is 2.71. The molecule has 0 saturated heterocycles. The Morgan fingerprint density at radius 2 is 2.30 bits per heavy atom. The molecule has 0 fully saturated rings. The molecule has 2 aromatic heterocycles. The van der Waals surface area contributed by atoms with Gasteiger partial charge in [-0.15, -0.1) is 0 Å². The molecule has 2 rings (SSSR count). The van der Waals surface area contributed by atoms with Crippen LogP contribution in [0.25, 0.3) is 0 Å². The predicted molar refractivity (Wildman–Crippen MR) is 72.8 cm³/mol. The summed E-state index contributed by atoms with van der Waals surface area (Å²) >= 11 is 0. The number of hydrogen-bond donors (Lipinski definition) is 2. The smallest absolute Gasteiger partial charge is 0.251 e. The number of rotatable bonds is 5. The third-order valence-corrected chi connectivity index (χ3v) is 2.71. The summed E-state index contributed by atoms with van der Waals surface area (Å²) in [7, 11) is 0. The number of aromatic nitrogens is 2. The van der Waals surface area contributed by atoms with Crippen LogP contribution in [0.1, 0.15) is 18.6 Å². The maximum atomic E-state index is 11.7. The zero-order valence-corrected chi connectivity index (χ0v) is 11.1. The number of oxazole rings is 1. The Labute approximate surface area is 115 Å². The Bertz CT molecular complexity index is 660. The van der Waals surface area contributed by atoms with Crippen LogP contribution in [0, 0.1) is 0 Å². The van der Waals surface area contributed by atoms with E-state index >= 15 is 0 Å². The van der Waals surface area contributed by atoms with Crippen molar-refractivity contribution in [3.63, 3.8) is 0 Å². The van der Waals surface area contributed by atoms with Crippen molar-refractivity contribution in [2.45, 2.75) is 26.4 Å². The van der Waals surface area contributed by atoms with Crippen LogP contribution in [0.2, 0.25) is 0 Å². The predicted octanol–water partition coefficient (Wildman–Crippen LogP) is 0.297. The van der Waals surface area contributed by atoms with Crippen molar-refractivity contribution < 1.29 is 9.21 Å². The van der Waals surface area contributed by atoms with Crippen LogP contribution in [-0.4, -0.2) is 15.5 Å². The summed E-state index contributed by atoms with van der Waals surface area (Å²) in [4.78, 5) is 27.3. The van der Waals surface area contributed by atoms with Gasteiger partial charge in [0.05, 0.1) is 12.7 Å². The standard InChI is InChI=1S/C13H16N4O3/c1-2-10-5-16-12(20-10)6-15-11(18)8-17-7-9(14)3-4-13(17)19/h3-5,7H,2,6,8,14H2,1H3,(H,15,18). The molecule has 2 aromatic rings. The number of carbonyl (C=O) groups is 1. The first-order chi connectivity index (χ1) is 9.58. The number of aryl methyl sites for hydroxylation is 1. The molecule has 1 amide bonds. The average molecular weight is 276 g/mol. The SMILES string of the molecule is CCc1cnc(CNC(=O)Cn2cc(N)ccc2=O)o1. The quantitative estimate of drug-likeness (QED) is 0.817. The van der Waals surface area contributed by atoms with Crippen molar-refractivity contribution in [2.75, 3.05) is 5.73 Å². The van der Waals surface area contributed by atoms with Crippen LogP contribution in [0.3, 0.4) is 0 Å². The first-order valence-electron chi connectivity index (χ1n) is 6.24. The van der Waals surface area contributed by atoms with E-state index in [9.17, 15) is 9.59 Å². The molecular formula is C13H16N4O3. The third kappa shape index (κ3) is 3.47. The topological polar surface area (TPSA) is 103 Å². The van der Waals surface area contributed by atoms with E-state index in [1.807, 2.05) is 6.92 Å². The largest absolute Gasteiger partial charge is 0.444 e. The minimum absolute atomic E-state index is 0.0920. The number of anilines is 1. The lowest BCUT2D eigenvalue weighted by molar-refractivity contribution is -0.122. The minimum atomic E-state index is -0.311. The van der Waals surface area contributed by atoms with Gasteiger partial charge in [-0.2, -0.15) is 0 Å². The maximum Gasteiger partial charge on any atom is 0.251 e. The maximum absolute atomic E-state index is 11.7. The van der Waals surface area contributed by atoms with Gasteiger partial charge in [0.2, 0.25) is 11.8 Å². The number of pyridine rings is 1. The van der Waals surface area contributed by atoms with Gasteiger partial charge in [-0.1, -0.05) is 6.92 Å². The van der Waals surface area contributed by atoms with Gasteiger partial charge in [0.25, 0.3) is 5.56 Å². The zero-order chi connectivity index (χ0) is 14.5. The van der Waals surface area contributed by atoms with Crippen molar-refractivity contribution >= 4 is 11.6 Å². The van der Waals surface area contributed by atoms with Crippen molar-refractivity contribution in [2.24, 2.45) is 0 Å². The van der Waals surface area contributed by atoms with Gasteiger partial charge in [-0.3, -0.25) is 9.59 Å². The van der Waals surface area contributed by atoms with E-state index in [2.05, 4.69) is 10.3 Å². The number of nitrogen functional groups attached to an aromatic ring is 1. The van der Waals surface area contributed by atoms with Crippen LogP contribution >= 0.6 is 0 Å². The molecule has 0 unspecified atom stereocenters. The fourth-order valence-corrected chi connectivity index (χ4v) is 1.65. The number of amides is 1. The molecular weight excluding hydrogens is 260 g/mol. The number of hydrogen-bond acceptors (Lipinski definition) is 5. The summed E-state index contributed by atoms with van der Waals surface area (Å²) in [6, 6.07) is 2.82. The Morgan fingerprint density at radius 1 is 1.50 bits per heavy atom. The molecule has 7 nitrogen and oxygen atoms in total. The van der Waals surface area contributed by atoms with E-state index in [1.54, 1.807) is 6.20 Å². The van der Waals surface area contributed by atoms with Crippen LogP contribution in [0.4, 0.5) is 5.69 Å². The molecule has 0 aliphatic carbocycles. The van der Waals surface area contributed by atoms with E-state index in [1.165, 1.54) is 22.9 Å². The second-order valence-electron chi connectivity index (χ2n) is 4.28. The lowest BCUT2D eigenvalue weighted by atomic mass is 10.4. The Kier molecular flexibility index (Phi) is 4.19. The van der Waals surface area contributed by atoms with Gasteiger partial charge in [0.1, 0.15) is 12.3 Å². The van der Waals surface area contributed by atoms with Gasteiger partial charge in [-0.05, 0) is 6.07 Å². The Hall–Kier alpha value is -2.57. The van der Waals surface area contributed by atoms with Gasteiger partial charge in [-0.25, -0.2) is 4.98 Å². The summed E-state index contributed by atoms with van der Waals surface area (Å²) in [5.41, 5.74) is 5.72. The fourth-order valence-electron chi connectivity index (χ4n) is 1.65. The number of carbonyl (C=O) groups excluding carboxylic acids is 1. The van der Waals surface area contributed by atoms with Gasteiger partial charge in [0, 0.05) is 24.4 Å². The normalized spacial score (nSPS) is 10.4. The van der Waals surface area contributed by atoms with E-state index in [0.29, 0.717) is 11.6 Å². The molecule has 0 bridgehead atoms. The molecule has 7 heteroatoms. The Balaban J connectivity index is 1.92. The molecule has 0 aliphatic heterocycles. The lowest BCUT2D eigenvalue weighted by Crippen LogP contribution is -2.31. The van der Waals surface area contributed by atoms with Crippen molar-refractivity contribution in [1.29, 1.82) is 0 Å².